The average molecular weight is 192 g/mol. The fourth-order valence-corrected chi connectivity index (χ4v) is 2.12. The van der Waals surface area contributed by atoms with Crippen molar-refractivity contribution in [2.24, 2.45) is 0 Å². The molecule has 2 rings (SSSR count). The van der Waals surface area contributed by atoms with Crippen LogP contribution in [0.4, 0.5) is 4.39 Å². The van der Waals surface area contributed by atoms with E-state index in [1.165, 1.54) is 11.6 Å². The summed E-state index contributed by atoms with van der Waals surface area (Å²) in [4.78, 5) is 1.12. The Hall–Kier alpha value is -1.15. The van der Waals surface area contributed by atoms with E-state index in [0.29, 0.717) is 0 Å². The summed E-state index contributed by atoms with van der Waals surface area (Å²) in [5.74, 6) is -0.177. The van der Waals surface area contributed by atoms with Crippen LogP contribution in [0.1, 0.15) is 5.56 Å². The normalized spacial score (nSPS) is 10.3. The molecule has 13 heavy (non-hydrogen) atoms. The second-order valence-corrected chi connectivity index (χ2v) is 3.91. The van der Waals surface area contributed by atoms with Crippen LogP contribution in [0.2, 0.25) is 0 Å². The number of hydrogen-bond acceptors (Lipinski definition) is 1. The van der Waals surface area contributed by atoms with E-state index in [0.717, 1.165) is 10.4 Å². The van der Waals surface area contributed by atoms with Crippen molar-refractivity contribution < 1.29 is 4.39 Å². The van der Waals surface area contributed by atoms with Crippen molar-refractivity contribution >= 4 is 11.3 Å². The molecule has 0 nitrogen and oxygen atoms in total. The number of hydrogen-bond donors (Lipinski definition) is 0. The van der Waals surface area contributed by atoms with Crippen LogP contribution in [0.5, 0.6) is 0 Å². The van der Waals surface area contributed by atoms with Crippen LogP contribution in [0, 0.1) is 12.7 Å². The van der Waals surface area contributed by atoms with E-state index in [9.17, 15) is 4.39 Å². The van der Waals surface area contributed by atoms with Crippen molar-refractivity contribution in [3.63, 3.8) is 0 Å². The first-order valence-corrected chi connectivity index (χ1v) is 4.95. The molecule has 0 unspecified atom stereocenters. The SMILES string of the molecule is Cc1csc(-c2cccc(F)c2)c1. The van der Waals surface area contributed by atoms with Gasteiger partial charge < -0.3 is 0 Å². The molecule has 0 radical (unpaired) electrons. The molecule has 0 saturated carbocycles. The van der Waals surface area contributed by atoms with E-state index in [2.05, 4.69) is 11.4 Å². The monoisotopic (exact) mass is 192 g/mol. The van der Waals surface area contributed by atoms with Gasteiger partial charge in [0, 0.05) is 4.88 Å². The van der Waals surface area contributed by atoms with Gasteiger partial charge in [-0.25, -0.2) is 4.39 Å². The predicted molar refractivity (Wildman–Crippen MR) is 54.5 cm³/mol. The molecule has 0 saturated heterocycles. The molecule has 0 spiro atoms. The number of halogens is 1. The fraction of sp³-hybridized carbons (Fsp3) is 0.0909. The molecule has 0 aliphatic rings. The fourth-order valence-electron chi connectivity index (χ4n) is 1.22. The van der Waals surface area contributed by atoms with Gasteiger partial charge in [-0.15, -0.1) is 11.3 Å². The van der Waals surface area contributed by atoms with Crippen LogP contribution < -0.4 is 0 Å². The van der Waals surface area contributed by atoms with Crippen LogP contribution in [0.25, 0.3) is 10.4 Å². The zero-order chi connectivity index (χ0) is 9.26. The predicted octanol–water partition coefficient (Wildman–Crippen LogP) is 3.86. The van der Waals surface area contributed by atoms with E-state index in [1.807, 2.05) is 13.0 Å². The maximum absolute atomic E-state index is 12.9. The third kappa shape index (κ3) is 1.78. The average Bonchev–Trinajstić information content (AvgIpc) is 2.52. The Morgan fingerprint density at radius 3 is 2.69 bits per heavy atom. The number of benzene rings is 1. The molecular weight excluding hydrogens is 183 g/mol. The van der Waals surface area contributed by atoms with Gasteiger partial charge in [0.05, 0.1) is 0 Å². The van der Waals surface area contributed by atoms with Crippen molar-refractivity contribution in [3.8, 4) is 10.4 Å². The largest absolute Gasteiger partial charge is 0.207 e. The summed E-state index contributed by atoms with van der Waals surface area (Å²) < 4.78 is 12.9. The van der Waals surface area contributed by atoms with Gasteiger partial charge in [-0.3, -0.25) is 0 Å². The molecule has 0 aliphatic carbocycles. The van der Waals surface area contributed by atoms with Crippen molar-refractivity contribution in [2.75, 3.05) is 0 Å². The lowest BCUT2D eigenvalue weighted by Gasteiger charge is -1.95. The van der Waals surface area contributed by atoms with E-state index >= 15 is 0 Å². The lowest BCUT2D eigenvalue weighted by Crippen LogP contribution is -1.74. The van der Waals surface area contributed by atoms with Crippen molar-refractivity contribution in [3.05, 3.63) is 47.1 Å². The highest BCUT2D eigenvalue weighted by Crippen LogP contribution is 2.26. The van der Waals surface area contributed by atoms with Crippen molar-refractivity contribution in [1.82, 2.24) is 0 Å². The van der Waals surface area contributed by atoms with Crippen LogP contribution >= 0.6 is 11.3 Å². The zero-order valence-corrected chi connectivity index (χ0v) is 8.07. The van der Waals surface area contributed by atoms with Gasteiger partial charge in [0.25, 0.3) is 0 Å². The molecule has 0 N–H and O–H groups in total. The molecule has 1 aromatic carbocycles. The zero-order valence-electron chi connectivity index (χ0n) is 7.25. The van der Waals surface area contributed by atoms with Crippen molar-refractivity contribution in [2.45, 2.75) is 6.92 Å². The molecule has 1 heterocycles. The van der Waals surface area contributed by atoms with Gasteiger partial charge in [0.1, 0.15) is 5.82 Å². The van der Waals surface area contributed by atoms with Crippen LogP contribution in [0.3, 0.4) is 0 Å². The lowest BCUT2D eigenvalue weighted by molar-refractivity contribution is 0.628. The summed E-state index contributed by atoms with van der Waals surface area (Å²) in [6, 6.07) is 8.75. The Bertz CT molecular complexity index is 418. The Labute approximate surface area is 80.7 Å². The first-order chi connectivity index (χ1) is 6.25. The summed E-state index contributed by atoms with van der Waals surface area (Å²) >= 11 is 1.64. The number of aryl methyl sites for hydroxylation is 1. The van der Waals surface area contributed by atoms with E-state index in [4.69, 9.17) is 0 Å². The molecule has 0 amide bonds. The maximum Gasteiger partial charge on any atom is 0.123 e. The second-order valence-electron chi connectivity index (χ2n) is 3.00. The molecule has 0 aliphatic heterocycles. The molecular formula is C11H9FS. The minimum absolute atomic E-state index is 0.177. The molecule has 66 valence electrons. The highest BCUT2D eigenvalue weighted by Gasteiger charge is 2.00. The second kappa shape index (κ2) is 3.30. The van der Waals surface area contributed by atoms with Gasteiger partial charge in [-0.05, 0) is 41.6 Å². The standard InChI is InChI=1S/C11H9FS/c1-8-5-11(13-7-8)9-3-2-4-10(12)6-9/h2-7H,1H3. The Morgan fingerprint density at radius 2 is 2.08 bits per heavy atom. The first-order valence-electron chi connectivity index (χ1n) is 4.07. The molecule has 2 heteroatoms. The minimum Gasteiger partial charge on any atom is -0.207 e. The first kappa shape index (κ1) is 8.45. The molecule has 1 aromatic heterocycles. The number of rotatable bonds is 1. The smallest absolute Gasteiger partial charge is 0.123 e. The summed E-state index contributed by atoms with van der Waals surface area (Å²) in [7, 11) is 0. The van der Waals surface area contributed by atoms with E-state index in [-0.39, 0.29) is 5.82 Å². The van der Waals surface area contributed by atoms with Gasteiger partial charge in [0.15, 0.2) is 0 Å². The lowest BCUT2D eigenvalue weighted by atomic mass is 10.2. The highest BCUT2D eigenvalue weighted by molar-refractivity contribution is 7.13. The maximum atomic E-state index is 12.9. The molecule has 0 bridgehead atoms. The summed E-state index contributed by atoms with van der Waals surface area (Å²) in [6.07, 6.45) is 0. The third-order valence-corrected chi connectivity index (χ3v) is 2.94. The third-order valence-electron chi connectivity index (χ3n) is 1.84. The topological polar surface area (TPSA) is 0 Å². The van der Waals surface area contributed by atoms with Crippen LogP contribution in [-0.2, 0) is 0 Å². The summed E-state index contributed by atoms with van der Waals surface area (Å²) in [6.45, 7) is 2.04. The molecule has 0 fully saturated rings. The Morgan fingerprint density at radius 1 is 1.23 bits per heavy atom. The highest BCUT2D eigenvalue weighted by atomic mass is 32.1. The van der Waals surface area contributed by atoms with Gasteiger partial charge in [-0.1, -0.05) is 12.1 Å². The summed E-state index contributed by atoms with van der Waals surface area (Å²) in [5.41, 5.74) is 2.18. The van der Waals surface area contributed by atoms with Gasteiger partial charge in [0.2, 0.25) is 0 Å². The quantitative estimate of drug-likeness (QED) is 0.643. The van der Waals surface area contributed by atoms with Crippen LogP contribution in [-0.4, -0.2) is 0 Å². The minimum atomic E-state index is -0.177. The molecule has 0 atom stereocenters. The molecule has 2 aromatic rings. The Kier molecular flexibility index (Phi) is 2.15. The van der Waals surface area contributed by atoms with Gasteiger partial charge in [-0.2, -0.15) is 0 Å². The Balaban J connectivity index is 2.46. The van der Waals surface area contributed by atoms with Gasteiger partial charge >= 0.3 is 0 Å². The van der Waals surface area contributed by atoms with Crippen molar-refractivity contribution in [1.29, 1.82) is 0 Å². The van der Waals surface area contributed by atoms with E-state index < -0.39 is 0 Å². The summed E-state index contributed by atoms with van der Waals surface area (Å²) in [5, 5.41) is 2.07. The van der Waals surface area contributed by atoms with E-state index in [1.54, 1.807) is 23.5 Å². The number of thiophene rings is 1. The van der Waals surface area contributed by atoms with Crippen LogP contribution in [0.15, 0.2) is 35.7 Å².